The van der Waals surface area contributed by atoms with Crippen LogP contribution in [-0.2, 0) is 31.1 Å². The SMILES string of the molecule is O=C1[C@@H]2[C@H](Cc3ccc(O)c(O)c3)N[C@]3(C(=O)Nc4ccc(Br)cc43)[C@@H]2C(=O)N1C[C@@H]1CCCO1. The van der Waals surface area contributed by atoms with E-state index in [1.807, 2.05) is 12.1 Å². The molecule has 3 amide bonds. The van der Waals surface area contributed by atoms with Crippen molar-refractivity contribution in [1.82, 2.24) is 10.2 Å². The average molecular weight is 542 g/mol. The Morgan fingerprint density at radius 2 is 1.91 bits per heavy atom. The number of likely N-dealkylation sites (tertiary alicyclic amines) is 1. The summed E-state index contributed by atoms with van der Waals surface area (Å²) in [4.78, 5) is 42.4. The number of anilines is 1. The van der Waals surface area contributed by atoms with E-state index in [0.29, 0.717) is 23.4 Å². The van der Waals surface area contributed by atoms with Gasteiger partial charge in [-0.15, -0.1) is 0 Å². The number of phenolic OH excluding ortho intramolecular Hbond substituents is 2. The molecule has 0 bridgehead atoms. The Balaban J connectivity index is 1.43. The number of nitrogens with zero attached hydrogens (tertiary/aromatic N) is 1. The van der Waals surface area contributed by atoms with Crippen molar-refractivity contribution >= 4 is 39.3 Å². The number of hydrogen-bond acceptors (Lipinski definition) is 7. The molecule has 0 radical (unpaired) electrons. The van der Waals surface area contributed by atoms with Gasteiger partial charge >= 0.3 is 0 Å². The van der Waals surface area contributed by atoms with Gasteiger partial charge in [0.15, 0.2) is 11.5 Å². The number of amides is 3. The number of aromatic hydroxyl groups is 2. The van der Waals surface area contributed by atoms with E-state index < -0.39 is 23.4 Å². The van der Waals surface area contributed by atoms with Gasteiger partial charge in [-0.3, -0.25) is 24.6 Å². The fourth-order valence-electron chi connectivity index (χ4n) is 6.13. The second-order valence-corrected chi connectivity index (χ2v) is 10.6. The van der Waals surface area contributed by atoms with Gasteiger partial charge in [0.25, 0.3) is 0 Å². The number of rotatable bonds is 4. The third-order valence-electron chi connectivity index (χ3n) is 7.67. The molecule has 9 nitrogen and oxygen atoms in total. The molecular weight excluding hydrogens is 518 g/mol. The molecule has 1 spiro atoms. The topological polar surface area (TPSA) is 128 Å². The molecule has 2 aromatic rings. The molecule has 2 aromatic carbocycles. The van der Waals surface area contributed by atoms with Crippen LogP contribution in [0.25, 0.3) is 0 Å². The normalized spacial score (nSPS) is 31.3. The summed E-state index contributed by atoms with van der Waals surface area (Å²) in [6.45, 7) is 0.788. The van der Waals surface area contributed by atoms with Crippen molar-refractivity contribution in [2.75, 3.05) is 18.5 Å². The predicted octanol–water partition coefficient (Wildman–Crippen LogP) is 2.00. The minimum absolute atomic E-state index is 0.181. The van der Waals surface area contributed by atoms with Crippen LogP contribution < -0.4 is 10.6 Å². The molecule has 4 heterocycles. The van der Waals surface area contributed by atoms with Crippen LogP contribution in [0.1, 0.15) is 24.0 Å². The zero-order valence-electron chi connectivity index (χ0n) is 18.7. The Kier molecular flexibility index (Phi) is 5.17. The maximum Gasteiger partial charge on any atom is 0.250 e. The minimum Gasteiger partial charge on any atom is -0.504 e. The van der Waals surface area contributed by atoms with Gasteiger partial charge in [-0.2, -0.15) is 0 Å². The van der Waals surface area contributed by atoms with Gasteiger partial charge in [0.05, 0.1) is 24.5 Å². The summed E-state index contributed by atoms with van der Waals surface area (Å²) < 4.78 is 6.45. The van der Waals surface area contributed by atoms with E-state index in [9.17, 15) is 24.6 Å². The second kappa shape index (κ2) is 8.04. The Morgan fingerprint density at radius 1 is 1.09 bits per heavy atom. The van der Waals surface area contributed by atoms with Gasteiger partial charge in [-0.05, 0) is 55.2 Å². The van der Waals surface area contributed by atoms with E-state index in [1.165, 1.54) is 17.0 Å². The Bertz CT molecular complexity index is 1260. The molecule has 6 rings (SSSR count). The van der Waals surface area contributed by atoms with Crippen LogP contribution in [0.3, 0.4) is 0 Å². The number of halogens is 1. The Labute approximate surface area is 209 Å². The molecular formula is C25H24BrN3O6. The molecule has 182 valence electrons. The molecule has 0 saturated carbocycles. The van der Waals surface area contributed by atoms with E-state index in [-0.39, 0.29) is 48.3 Å². The summed E-state index contributed by atoms with van der Waals surface area (Å²) in [6.07, 6.45) is 1.75. The molecule has 3 fully saturated rings. The fourth-order valence-corrected chi connectivity index (χ4v) is 6.49. The van der Waals surface area contributed by atoms with Crippen LogP contribution in [0.15, 0.2) is 40.9 Å². The van der Waals surface area contributed by atoms with Crippen molar-refractivity contribution in [1.29, 1.82) is 0 Å². The number of benzene rings is 2. The molecule has 35 heavy (non-hydrogen) atoms. The number of hydrogen-bond donors (Lipinski definition) is 4. The summed E-state index contributed by atoms with van der Waals surface area (Å²) in [7, 11) is 0. The largest absolute Gasteiger partial charge is 0.504 e. The highest BCUT2D eigenvalue weighted by atomic mass is 79.9. The first-order chi connectivity index (χ1) is 16.8. The minimum atomic E-state index is -1.40. The molecule has 4 aliphatic heterocycles. The molecule has 0 unspecified atom stereocenters. The van der Waals surface area contributed by atoms with Gasteiger partial charge in [-0.1, -0.05) is 22.0 Å². The number of phenols is 2. The number of ether oxygens (including phenoxy) is 1. The fraction of sp³-hybridized carbons (Fsp3) is 0.400. The summed E-state index contributed by atoms with van der Waals surface area (Å²) >= 11 is 3.47. The van der Waals surface area contributed by atoms with E-state index in [1.54, 1.807) is 12.1 Å². The van der Waals surface area contributed by atoms with Crippen LogP contribution in [0.5, 0.6) is 11.5 Å². The van der Waals surface area contributed by atoms with Crippen molar-refractivity contribution in [2.45, 2.75) is 36.9 Å². The zero-order chi connectivity index (χ0) is 24.5. The molecule has 10 heteroatoms. The highest BCUT2D eigenvalue weighted by Gasteiger charge is 2.70. The van der Waals surface area contributed by atoms with Crippen molar-refractivity contribution in [3.63, 3.8) is 0 Å². The lowest BCUT2D eigenvalue weighted by Crippen LogP contribution is -2.54. The number of fused-ring (bicyclic) bond motifs is 4. The van der Waals surface area contributed by atoms with Crippen LogP contribution in [-0.4, -0.2) is 58.1 Å². The lowest BCUT2D eigenvalue weighted by atomic mass is 9.76. The van der Waals surface area contributed by atoms with E-state index in [4.69, 9.17) is 4.74 Å². The third-order valence-corrected chi connectivity index (χ3v) is 8.17. The summed E-state index contributed by atoms with van der Waals surface area (Å²) in [6, 6.07) is 9.32. The van der Waals surface area contributed by atoms with E-state index in [0.717, 1.165) is 17.3 Å². The molecule has 0 aliphatic carbocycles. The lowest BCUT2D eigenvalue weighted by Gasteiger charge is -2.30. The van der Waals surface area contributed by atoms with Crippen molar-refractivity contribution < 1.29 is 29.3 Å². The second-order valence-electron chi connectivity index (χ2n) is 9.66. The van der Waals surface area contributed by atoms with Gasteiger partial charge in [0, 0.05) is 28.4 Å². The van der Waals surface area contributed by atoms with E-state index in [2.05, 4.69) is 26.6 Å². The Morgan fingerprint density at radius 3 is 2.66 bits per heavy atom. The van der Waals surface area contributed by atoms with Gasteiger partial charge < -0.3 is 20.3 Å². The van der Waals surface area contributed by atoms with Crippen molar-refractivity contribution in [3.8, 4) is 11.5 Å². The first kappa shape index (κ1) is 22.5. The lowest BCUT2D eigenvalue weighted by molar-refractivity contribution is -0.144. The molecule has 0 aromatic heterocycles. The molecule has 3 saturated heterocycles. The summed E-state index contributed by atoms with van der Waals surface area (Å²) in [5.41, 5.74) is 0.498. The smallest absolute Gasteiger partial charge is 0.250 e. The van der Waals surface area contributed by atoms with Gasteiger partial charge in [-0.25, -0.2) is 0 Å². The number of carbonyl (C=O) groups excluding carboxylic acids is 3. The number of carbonyl (C=O) groups is 3. The monoisotopic (exact) mass is 541 g/mol. The molecule has 4 N–H and O–H groups in total. The average Bonchev–Trinajstić information content (AvgIpc) is 3.56. The first-order valence-corrected chi connectivity index (χ1v) is 12.5. The maximum absolute atomic E-state index is 13.8. The van der Waals surface area contributed by atoms with Crippen LogP contribution in [0.4, 0.5) is 5.69 Å². The standard InChI is InChI=1S/C25H24BrN3O6/c26-13-4-5-16-15(10-13)25(24(34)27-16)21-20(17(28-25)8-12-3-6-18(30)19(31)9-12)22(32)29(23(21)33)11-14-2-1-7-35-14/h3-6,9-10,14,17,20-21,28,30-31H,1-2,7-8,11H2,(H,27,34)/t14-,17-,20+,21-,25-/m0/s1. The first-order valence-electron chi connectivity index (χ1n) is 11.7. The van der Waals surface area contributed by atoms with Crippen LogP contribution in [0.2, 0.25) is 0 Å². The molecule has 5 atom stereocenters. The third kappa shape index (κ3) is 3.30. The summed E-state index contributed by atoms with van der Waals surface area (Å²) in [5, 5.41) is 26.0. The highest BCUT2D eigenvalue weighted by Crippen LogP contribution is 2.54. The predicted molar refractivity (Wildman–Crippen MR) is 128 cm³/mol. The highest BCUT2D eigenvalue weighted by molar-refractivity contribution is 9.10. The van der Waals surface area contributed by atoms with Gasteiger partial charge in [0.1, 0.15) is 5.54 Å². The van der Waals surface area contributed by atoms with Crippen molar-refractivity contribution in [3.05, 3.63) is 52.0 Å². The van der Waals surface area contributed by atoms with E-state index >= 15 is 0 Å². The van der Waals surface area contributed by atoms with Crippen LogP contribution >= 0.6 is 15.9 Å². The van der Waals surface area contributed by atoms with Crippen LogP contribution in [0, 0.1) is 11.8 Å². The molecule has 4 aliphatic rings. The maximum atomic E-state index is 13.8. The quantitative estimate of drug-likeness (QED) is 0.344. The zero-order valence-corrected chi connectivity index (χ0v) is 20.2. The summed E-state index contributed by atoms with van der Waals surface area (Å²) in [5.74, 6) is -3.25. The number of nitrogens with one attached hydrogen (secondary N) is 2. The van der Waals surface area contributed by atoms with Crippen molar-refractivity contribution in [2.24, 2.45) is 11.8 Å². The van der Waals surface area contributed by atoms with Gasteiger partial charge in [0.2, 0.25) is 17.7 Å². The number of imide groups is 1. The Hall–Kier alpha value is -2.95.